The van der Waals surface area contributed by atoms with E-state index in [0.29, 0.717) is 5.89 Å². The molecule has 2 aromatic heterocycles. The summed E-state index contributed by atoms with van der Waals surface area (Å²) < 4.78 is 10.9. The molecule has 0 bridgehead atoms. The highest BCUT2D eigenvalue weighted by atomic mass is 16.4. The van der Waals surface area contributed by atoms with Gasteiger partial charge in [-0.25, -0.2) is 4.98 Å². The third-order valence-electron chi connectivity index (χ3n) is 2.38. The Kier molecular flexibility index (Phi) is 3.10. The molecule has 0 aliphatic rings. The number of furan rings is 1. The summed E-state index contributed by atoms with van der Waals surface area (Å²) >= 11 is 0. The summed E-state index contributed by atoms with van der Waals surface area (Å²) in [6.07, 6.45) is 1.68. The molecule has 2 rings (SSSR count). The van der Waals surface area contributed by atoms with Crippen LogP contribution in [0.4, 0.5) is 0 Å². The molecule has 16 heavy (non-hydrogen) atoms. The number of aryl methyl sites for hydroxylation is 2. The second kappa shape index (κ2) is 4.53. The molecule has 0 unspecified atom stereocenters. The lowest BCUT2D eigenvalue weighted by Crippen LogP contribution is -2.11. The van der Waals surface area contributed by atoms with Crippen LogP contribution >= 0.6 is 0 Å². The van der Waals surface area contributed by atoms with E-state index >= 15 is 0 Å². The van der Waals surface area contributed by atoms with Gasteiger partial charge in [-0.1, -0.05) is 6.92 Å². The van der Waals surface area contributed by atoms with Gasteiger partial charge in [0.05, 0.1) is 11.3 Å². The summed E-state index contributed by atoms with van der Waals surface area (Å²) in [5.41, 5.74) is 1.84. The van der Waals surface area contributed by atoms with Gasteiger partial charge < -0.3 is 14.2 Å². The number of aromatic nitrogens is 1. The molecule has 0 atom stereocenters. The van der Waals surface area contributed by atoms with E-state index in [1.165, 1.54) is 0 Å². The minimum Gasteiger partial charge on any atom is -0.466 e. The normalized spacial score (nSPS) is 10.9. The van der Waals surface area contributed by atoms with Crippen molar-refractivity contribution >= 4 is 0 Å². The zero-order valence-electron chi connectivity index (χ0n) is 9.83. The van der Waals surface area contributed by atoms with Crippen molar-refractivity contribution in [3.8, 4) is 11.5 Å². The standard InChI is InChI=1S/C12H16N2O2/c1-4-13-6-10-7-15-12(14-10)11-5-8(2)16-9(11)3/h5,7,13H,4,6H2,1-3H3. The zero-order valence-corrected chi connectivity index (χ0v) is 9.83. The van der Waals surface area contributed by atoms with Crippen LogP contribution in [0.5, 0.6) is 0 Å². The Morgan fingerprint density at radius 2 is 2.19 bits per heavy atom. The molecule has 0 aliphatic carbocycles. The maximum absolute atomic E-state index is 5.44. The van der Waals surface area contributed by atoms with Crippen molar-refractivity contribution in [3.63, 3.8) is 0 Å². The Balaban J connectivity index is 2.21. The number of oxazole rings is 1. The summed E-state index contributed by atoms with van der Waals surface area (Å²) in [5.74, 6) is 2.34. The van der Waals surface area contributed by atoms with Gasteiger partial charge in [-0.05, 0) is 26.5 Å². The smallest absolute Gasteiger partial charge is 0.229 e. The first-order chi connectivity index (χ1) is 7.70. The number of rotatable bonds is 4. The van der Waals surface area contributed by atoms with Gasteiger partial charge in [-0.15, -0.1) is 0 Å². The van der Waals surface area contributed by atoms with Crippen LogP contribution in [0.3, 0.4) is 0 Å². The molecule has 4 heteroatoms. The molecular weight excluding hydrogens is 204 g/mol. The lowest BCUT2D eigenvalue weighted by molar-refractivity contribution is 0.502. The first kappa shape index (κ1) is 11.0. The van der Waals surface area contributed by atoms with E-state index in [2.05, 4.69) is 17.2 Å². The molecule has 0 amide bonds. The van der Waals surface area contributed by atoms with Crippen LogP contribution in [0, 0.1) is 13.8 Å². The van der Waals surface area contributed by atoms with Crippen molar-refractivity contribution in [3.05, 3.63) is 29.5 Å². The van der Waals surface area contributed by atoms with E-state index in [-0.39, 0.29) is 0 Å². The number of hydrogen-bond donors (Lipinski definition) is 1. The number of hydrogen-bond acceptors (Lipinski definition) is 4. The van der Waals surface area contributed by atoms with Crippen molar-refractivity contribution in [2.45, 2.75) is 27.3 Å². The quantitative estimate of drug-likeness (QED) is 0.860. The van der Waals surface area contributed by atoms with Gasteiger partial charge in [0.15, 0.2) is 0 Å². The van der Waals surface area contributed by atoms with Gasteiger partial charge in [-0.2, -0.15) is 0 Å². The largest absolute Gasteiger partial charge is 0.466 e. The van der Waals surface area contributed by atoms with Gasteiger partial charge in [0.2, 0.25) is 5.89 Å². The van der Waals surface area contributed by atoms with E-state index < -0.39 is 0 Å². The molecule has 0 fully saturated rings. The molecule has 86 valence electrons. The van der Waals surface area contributed by atoms with Crippen LogP contribution in [-0.4, -0.2) is 11.5 Å². The molecule has 0 spiro atoms. The van der Waals surface area contributed by atoms with Gasteiger partial charge in [-0.3, -0.25) is 0 Å². The Bertz CT molecular complexity index is 471. The third kappa shape index (κ3) is 2.17. The molecule has 0 aliphatic heterocycles. The first-order valence-electron chi connectivity index (χ1n) is 5.43. The summed E-state index contributed by atoms with van der Waals surface area (Å²) in [6.45, 7) is 7.54. The maximum atomic E-state index is 5.44. The van der Waals surface area contributed by atoms with E-state index in [4.69, 9.17) is 8.83 Å². The average Bonchev–Trinajstić information content (AvgIpc) is 2.82. The van der Waals surface area contributed by atoms with E-state index in [0.717, 1.165) is 35.9 Å². The molecule has 2 aromatic rings. The minimum absolute atomic E-state index is 0.627. The zero-order chi connectivity index (χ0) is 11.5. The molecule has 0 saturated heterocycles. The average molecular weight is 220 g/mol. The lowest BCUT2D eigenvalue weighted by atomic mass is 10.2. The highest BCUT2D eigenvalue weighted by Crippen LogP contribution is 2.25. The molecule has 0 radical (unpaired) electrons. The van der Waals surface area contributed by atoms with E-state index in [1.54, 1.807) is 6.26 Å². The fourth-order valence-corrected chi connectivity index (χ4v) is 1.61. The van der Waals surface area contributed by atoms with Crippen LogP contribution < -0.4 is 5.32 Å². The third-order valence-corrected chi connectivity index (χ3v) is 2.38. The predicted octanol–water partition coefficient (Wildman–Crippen LogP) is 2.66. The number of nitrogens with one attached hydrogen (secondary N) is 1. The molecule has 0 aromatic carbocycles. The highest BCUT2D eigenvalue weighted by molar-refractivity contribution is 5.56. The fraction of sp³-hybridized carbons (Fsp3) is 0.417. The summed E-state index contributed by atoms with van der Waals surface area (Å²) in [4.78, 5) is 4.40. The second-order valence-corrected chi connectivity index (χ2v) is 3.75. The predicted molar refractivity (Wildman–Crippen MR) is 61.1 cm³/mol. The van der Waals surface area contributed by atoms with Crippen molar-refractivity contribution in [1.82, 2.24) is 10.3 Å². The molecule has 0 saturated carbocycles. The van der Waals surface area contributed by atoms with Crippen molar-refractivity contribution in [2.24, 2.45) is 0 Å². The monoisotopic (exact) mass is 220 g/mol. The van der Waals surface area contributed by atoms with Gasteiger partial charge >= 0.3 is 0 Å². The Morgan fingerprint density at radius 1 is 1.38 bits per heavy atom. The van der Waals surface area contributed by atoms with Gasteiger partial charge in [0.25, 0.3) is 0 Å². The Hall–Kier alpha value is -1.55. The lowest BCUT2D eigenvalue weighted by Gasteiger charge is -1.94. The van der Waals surface area contributed by atoms with Gasteiger partial charge in [0.1, 0.15) is 17.8 Å². The Morgan fingerprint density at radius 3 is 2.81 bits per heavy atom. The number of nitrogens with zero attached hydrogens (tertiary/aromatic N) is 1. The van der Waals surface area contributed by atoms with E-state index in [1.807, 2.05) is 19.9 Å². The fourth-order valence-electron chi connectivity index (χ4n) is 1.61. The summed E-state index contributed by atoms with van der Waals surface area (Å²) in [7, 11) is 0. The van der Waals surface area contributed by atoms with Gasteiger partial charge in [0, 0.05) is 6.54 Å². The minimum atomic E-state index is 0.627. The van der Waals surface area contributed by atoms with Crippen LogP contribution in [0.15, 0.2) is 21.2 Å². The van der Waals surface area contributed by atoms with Crippen molar-refractivity contribution in [2.75, 3.05) is 6.54 Å². The van der Waals surface area contributed by atoms with Crippen molar-refractivity contribution < 1.29 is 8.83 Å². The summed E-state index contributed by atoms with van der Waals surface area (Å²) in [5, 5.41) is 3.20. The molecule has 4 nitrogen and oxygen atoms in total. The Labute approximate surface area is 94.7 Å². The summed E-state index contributed by atoms with van der Waals surface area (Å²) in [6, 6.07) is 1.94. The van der Waals surface area contributed by atoms with Crippen LogP contribution in [-0.2, 0) is 6.54 Å². The maximum Gasteiger partial charge on any atom is 0.229 e. The second-order valence-electron chi connectivity index (χ2n) is 3.75. The topological polar surface area (TPSA) is 51.2 Å². The van der Waals surface area contributed by atoms with Crippen molar-refractivity contribution in [1.29, 1.82) is 0 Å². The molecule has 1 N–H and O–H groups in total. The highest BCUT2D eigenvalue weighted by Gasteiger charge is 2.12. The van der Waals surface area contributed by atoms with Crippen LogP contribution in [0.2, 0.25) is 0 Å². The van der Waals surface area contributed by atoms with E-state index in [9.17, 15) is 0 Å². The SMILES string of the molecule is CCNCc1coc(-c2cc(C)oc2C)n1. The van der Waals surface area contributed by atoms with Crippen LogP contribution in [0.25, 0.3) is 11.5 Å². The first-order valence-corrected chi connectivity index (χ1v) is 5.43. The molecule has 2 heterocycles. The van der Waals surface area contributed by atoms with Crippen LogP contribution in [0.1, 0.15) is 24.1 Å². The molecular formula is C12H16N2O2.